The Kier molecular flexibility index (Phi) is 4.04. The second-order valence-corrected chi connectivity index (χ2v) is 6.28. The lowest BCUT2D eigenvalue weighted by atomic mass is 9.96. The second-order valence-electron chi connectivity index (χ2n) is 4.42. The molecule has 0 aliphatic heterocycles. The van der Waals surface area contributed by atoms with Crippen LogP contribution >= 0.6 is 24.4 Å². The van der Waals surface area contributed by atoms with Crippen LogP contribution in [0.1, 0.15) is 32.6 Å². The Labute approximate surface area is 102 Å². The quantitative estimate of drug-likeness (QED) is 0.688. The van der Waals surface area contributed by atoms with E-state index in [9.17, 15) is 0 Å². The molecule has 0 aromatic heterocycles. The van der Waals surface area contributed by atoms with Crippen LogP contribution in [0.4, 0.5) is 0 Å². The largest absolute Gasteiger partial charge is 0.171 e. The first-order chi connectivity index (χ1) is 7.24. The van der Waals surface area contributed by atoms with E-state index in [0.29, 0.717) is 5.25 Å². The molecule has 0 amide bonds. The molecule has 2 rings (SSSR count). The molecule has 0 fully saturated rings. The van der Waals surface area contributed by atoms with Crippen LogP contribution in [-0.2, 0) is 0 Å². The predicted octanol–water partition coefficient (Wildman–Crippen LogP) is 4.57. The lowest BCUT2D eigenvalue weighted by Gasteiger charge is -2.19. The Morgan fingerprint density at radius 3 is 2.80 bits per heavy atom. The summed E-state index contributed by atoms with van der Waals surface area (Å²) in [7, 11) is 0. The molecule has 2 heteroatoms. The Hall–Kier alpha value is -0.0800. The van der Waals surface area contributed by atoms with Crippen molar-refractivity contribution >= 4 is 24.4 Å². The number of thiol groups is 1. The number of hydrogen-bond acceptors (Lipinski definition) is 2. The van der Waals surface area contributed by atoms with Gasteiger partial charge in [-0.05, 0) is 36.5 Å². The summed E-state index contributed by atoms with van der Waals surface area (Å²) < 4.78 is 0. The van der Waals surface area contributed by atoms with Gasteiger partial charge in [0.25, 0.3) is 0 Å². The van der Waals surface area contributed by atoms with Crippen molar-refractivity contribution in [2.75, 3.05) is 0 Å². The van der Waals surface area contributed by atoms with E-state index < -0.39 is 0 Å². The van der Waals surface area contributed by atoms with Crippen LogP contribution in [-0.4, -0.2) is 5.25 Å². The molecule has 0 nitrogen and oxygen atoms in total. The minimum atomic E-state index is 0.426. The van der Waals surface area contributed by atoms with Gasteiger partial charge in [-0.3, -0.25) is 0 Å². The first-order valence-corrected chi connectivity index (χ1v) is 7.00. The highest BCUT2D eigenvalue weighted by Gasteiger charge is 2.12. The van der Waals surface area contributed by atoms with Gasteiger partial charge in [0.2, 0.25) is 0 Å². The van der Waals surface area contributed by atoms with E-state index in [-0.39, 0.29) is 0 Å². The van der Waals surface area contributed by atoms with Gasteiger partial charge in [0.1, 0.15) is 0 Å². The first-order valence-electron chi connectivity index (χ1n) is 5.67. The highest BCUT2D eigenvalue weighted by atomic mass is 32.2. The van der Waals surface area contributed by atoms with Crippen molar-refractivity contribution in [1.82, 2.24) is 0 Å². The molecule has 0 aromatic carbocycles. The lowest BCUT2D eigenvalue weighted by Crippen LogP contribution is -2.00. The summed E-state index contributed by atoms with van der Waals surface area (Å²) in [4.78, 5) is 2.96. The van der Waals surface area contributed by atoms with Crippen LogP contribution in [0.15, 0.2) is 34.1 Å². The summed E-state index contributed by atoms with van der Waals surface area (Å²) in [6.45, 7) is 2.34. The Morgan fingerprint density at radius 2 is 2.20 bits per heavy atom. The van der Waals surface area contributed by atoms with Crippen LogP contribution < -0.4 is 0 Å². The van der Waals surface area contributed by atoms with E-state index >= 15 is 0 Å². The van der Waals surface area contributed by atoms with Gasteiger partial charge in [0, 0.05) is 10.2 Å². The number of allylic oxidation sites excluding steroid dienone is 4. The third-order valence-corrected chi connectivity index (χ3v) is 4.48. The zero-order chi connectivity index (χ0) is 10.7. The molecule has 0 aromatic rings. The highest BCUT2D eigenvalue weighted by Crippen LogP contribution is 2.36. The van der Waals surface area contributed by atoms with Crippen LogP contribution in [0, 0.1) is 5.92 Å². The van der Waals surface area contributed by atoms with Crippen LogP contribution in [0.3, 0.4) is 0 Å². The van der Waals surface area contributed by atoms with Gasteiger partial charge in [-0.1, -0.05) is 43.0 Å². The predicted molar refractivity (Wildman–Crippen MR) is 73.3 cm³/mol. The van der Waals surface area contributed by atoms with Crippen molar-refractivity contribution in [3.63, 3.8) is 0 Å². The van der Waals surface area contributed by atoms with Crippen molar-refractivity contribution in [3.05, 3.63) is 34.1 Å². The molecule has 82 valence electrons. The third-order valence-electron chi connectivity index (χ3n) is 2.92. The van der Waals surface area contributed by atoms with Gasteiger partial charge >= 0.3 is 0 Å². The smallest absolute Gasteiger partial charge is 0.0235 e. The fraction of sp³-hybridized carbons (Fsp3) is 0.538. The summed E-state index contributed by atoms with van der Waals surface area (Å²) in [5, 5.41) is 0.426. The maximum Gasteiger partial charge on any atom is 0.0235 e. The minimum Gasteiger partial charge on any atom is -0.171 e. The van der Waals surface area contributed by atoms with Crippen molar-refractivity contribution in [2.24, 2.45) is 5.92 Å². The molecule has 0 saturated carbocycles. The van der Waals surface area contributed by atoms with Crippen molar-refractivity contribution < 1.29 is 0 Å². The third kappa shape index (κ3) is 3.46. The molecule has 0 heterocycles. The number of rotatable bonds is 2. The molecule has 2 atom stereocenters. The molecule has 0 N–H and O–H groups in total. The van der Waals surface area contributed by atoms with E-state index in [4.69, 9.17) is 0 Å². The summed E-state index contributed by atoms with van der Waals surface area (Å²) in [5.74, 6) is 0.882. The Balaban J connectivity index is 1.90. The standard InChI is InChI=1S/C13H18S2/c1-10-2-6-12(7-3-10)15-13-8-4-11(14)5-9-13/h4,6,8-11,14H,2-3,5,7H2,1H3. The van der Waals surface area contributed by atoms with Crippen molar-refractivity contribution in [2.45, 2.75) is 37.9 Å². The van der Waals surface area contributed by atoms with E-state index in [2.05, 4.69) is 43.9 Å². The molecular weight excluding hydrogens is 220 g/mol. The molecular formula is C13H18S2. The molecule has 2 unspecified atom stereocenters. The normalized spacial score (nSPS) is 31.1. The average Bonchev–Trinajstić information content (AvgIpc) is 2.25. The molecule has 0 spiro atoms. The monoisotopic (exact) mass is 238 g/mol. The van der Waals surface area contributed by atoms with Crippen molar-refractivity contribution in [3.8, 4) is 0 Å². The fourth-order valence-corrected chi connectivity index (χ4v) is 3.07. The van der Waals surface area contributed by atoms with Crippen LogP contribution in [0.25, 0.3) is 0 Å². The maximum atomic E-state index is 4.42. The average molecular weight is 238 g/mol. The molecule has 0 radical (unpaired) electrons. The van der Waals surface area contributed by atoms with Gasteiger partial charge in [0.15, 0.2) is 0 Å². The lowest BCUT2D eigenvalue weighted by molar-refractivity contribution is 0.524. The van der Waals surface area contributed by atoms with E-state index in [1.807, 2.05) is 11.8 Å². The van der Waals surface area contributed by atoms with E-state index in [1.165, 1.54) is 24.2 Å². The zero-order valence-electron chi connectivity index (χ0n) is 9.15. The fourth-order valence-electron chi connectivity index (χ4n) is 1.85. The molecule has 2 aliphatic carbocycles. The Morgan fingerprint density at radius 1 is 1.33 bits per heavy atom. The van der Waals surface area contributed by atoms with Crippen LogP contribution in [0.5, 0.6) is 0 Å². The topological polar surface area (TPSA) is 0 Å². The minimum absolute atomic E-state index is 0.426. The van der Waals surface area contributed by atoms with Crippen LogP contribution in [0.2, 0.25) is 0 Å². The van der Waals surface area contributed by atoms with E-state index in [1.54, 1.807) is 4.91 Å². The van der Waals surface area contributed by atoms with Gasteiger partial charge in [-0.2, -0.15) is 12.6 Å². The molecule has 2 aliphatic rings. The molecule has 15 heavy (non-hydrogen) atoms. The summed E-state index contributed by atoms with van der Waals surface area (Å²) in [6.07, 6.45) is 14.1. The zero-order valence-corrected chi connectivity index (χ0v) is 10.9. The van der Waals surface area contributed by atoms with Gasteiger partial charge in [-0.25, -0.2) is 0 Å². The summed E-state index contributed by atoms with van der Waals surface area (Å²) in [5.41, 5.74) is 0. The second kappa shape index (κ2) is 5.31. The summed E-state index contributed by atoms with van der Waals surface area (Å²) in [6, 6.07) is 0. The maximum absolute atomic E-state index is 4.42. The van der Waals surface area contributed by atoms with Crippen molar-refractivity contribution in [1.29, 1.82) is 0 Å². The number of hydrogen-bond donors (Lipinski definition) is 1. The van der Waals surface area contributed by atoms with Gasteiger partial charge < -0.3 is 0 Å². The molecule has 0 bridgehead atoms. The highest BCUT2D eigenvalue weighted by molar-refractivity contribution is 8.06. The van der Waals surface area contributed by atoms with Gasteiger partial charge in [0.05, 0.1) is 0 Å². The summed E-state index contributed by atoms with van der Waals surface area (Å²) >= 11 is 6.37. The SMILES string of the molecule is CC1CC=C(SC2=CCC(S)C=C2)CC1. The molecule has 0 saturated heterocycles. The van der Waals surface area contributed by atoms with E-state index in [0.717, 1.165) is 12.3 Å². The number of thioether (sulfide) groups is 1. The first kappa shape index (κ1) is 11.4. The van der Waals surface area contributed by atoms with Gasteiger partial charge in [-0.15, -0.1) is 0 Å². The Bertz CT molecular complexity index is 312.